The summed E-state index contributed by atoms with van der Waals surface area (Å²) in [6, 6.07) is 0. The van der Waals surface area contributed by atoms with Crippen LogP contribution in [-0.2, 0) is 4.79 Å². The molecular weight excluding hydrogens is 190 g/mol. The Bertz CT molecular complexity index is 121. The van der Waals surface area contributed by atoms with Crippen LogP contribution in [0.25, 0.3) is 0 Å². The van der Waals surface area contributed by atoms with E-state index in [0.717, 1.165) is 0 Å². The van der Waals surface area contributed by atoms with Crippen molar-refractivity contribution in [3.63, 3.8) is 0 Å². The van der Waals surface area contributed by atoms with E-state index in [-0.39, 0.29) is 59.1 Å². The van der Waals surface area contributed by atoms with Crippen LogP contribution >= 0.6 is 0 Å². The van der Waals surface area contributed by atoms with Gasteiger partial charge in [0.2, 0.25) is 0 Å². The molecule has 12 heavy (non-hydrogen) atoms. The zero-order valence-corrected chi connectivity index (χ0v) is 11.1. The van der Waals surface area contributed by atoms with Crippen molar-refractivity contribution in [3.8, 4) is 0 Å². The van der Waals surface area contributed by atoms with E-state index in [9.17, 15) is 4.79 Å². The van der Waals surface area contributed by atoms with E-state index in [1.54, 1.807) is 0 Å². The second-order valence-corrected chi connectivity index (χ2v) is 1.26. The first-order valence-electron chi connectivity index (χ1n) is 2.16. The molecule has 2 N–H and O–H groups in total. The molecule has 0 aromatic heterocycles. The van der Waals surface area contributed by atoms with E-state index in [2.05, 4.69) is 0 Å². The molecule has 0 amide bonds. The Kier molecular flexibility index (Phi) is 27.2. The zero-order valence-electron chi connectivity index (χ0n) is 7.10. The monoisotopic (exact) mass is 196 g/mol. The number of rotatable bonds is 1. The number of carboxylic acid groups (broad SMARTS) is 3. The first-order valence-corrected chi connectivity index (χ1v) is 2.16. The van der Waals surface area contributed by atoms with Crippen molar-refractivity contribution in [2.75, 3.05) is 0 Å². The van der Waals surface area contributed by atoms with Crippen LogP contribution in [0.1, 0.15) is 6.92 Å². The first kappa shape index (κ1) is 23.0. The van der Waals surface area contributed by atoms with Crippen LogP contribution < -0.4 is 69.3 Å². The molecular formula is C4H6Na2O6. The van der Waals surface area contributed by atoms with E-state index in [1.807, 2.05) is 0 Å². The molecule has 1 unspecified atom stereocenters. The van der Waals surface area contributed by atoms with Gasteiger partial charge in [-0.2, -0.15) is 0 Å². The van der Waals surface area contributed by atoms with Gasteiger partial charge in [0, 0.05) is 0 Å². The summed E-state index contributed by atoms with van der Waals surface area (Å²) in [7, 11) is 0. The summed E-state index contributed by atoms with van der Waals surface area (Å²) in [6.07, 6.45) is -3.56. The minimum atomic E-state index is -2.33. The Morgan fingerprint density at radius 3 is 1.33 bits per heavy atom. The maximum Gasteiger partial charge on any atom is 1.00 e. The normalized spacial score (nSPS) is 8.83. The number of aliphatic hydroxyl groups is 1. The molecule has 1 atom stereocenters. The number of carboxylic acids is 1. The number of hydrogen-bond donors (Lipinski definition) is 2. The minimum Gasteiger partial charge on any atom is -0.652 e. The zero-order chi connectivity index (χ0) is 8.73. The fourth-order valence-electron chi connectivity index (χ4n) is 0. The van der Waals surface area contributed by atoms with Gasteiger partial charge in [-0.05, 0) is 13.1 Å². The molecule has 0 heterocycles. The van der Waals surface area contributed by atoms with E-state index in [1.165, 1.54) is 6.92 Å². The number of hydrogen-bond acceptors (Lipinski definition) is 5. The fourth-order valence-corrected chi connectivity index (χ4v) is 0. The van der Waals surface area contributed by atoms with Crippen molar-refractivity contribution in [2.45, 2.75) is 13.0 Å². The van der Waals surface area contributed by atoms with Crippen LogP contribution in [0.2, 0.25) is 0 Å². The summed E-state index contributed by atoms with van der Waals surface area (Å²) >= 11 is 0. The van der Waals surface area contributed by atoms with Crippen molar-refractivity contribution >= 4 is 12.1 Å². The van der Waals surface area contributed by atoms with E-state index < -0.39 is 18.2 Å². The van der Waals surface area contributed by atoms with Crippen molar-refractivity contribution in [1.82, 2.24) is 0 Å². The summed E-state index contributed by atoms with van der Waals surface area (Å²) in [5.41, 5.74) is 0. The van der Waals surface area contributed by atoms with Crippen LogP contribution in [0.3, 0.4) is 0 Å². The van der Waals surface area contributed by atoms with Crippen LogP contribution in [-0.4, -0.2) is 28.4 Å². The molecule has 0 fully saturated rings. The third-order valence-electron chi connectivity index (χ3n) is 0.357. The molecule has 0 rings (SSSR count). The van der Waals surface area contributed by atoms with Gasteiger partial charge in [-0.25, -0.2) is 4.79 Å². The average Bonchev–Trinajstić information content (AvgIpc) is 1.63. The second-order valence-electron chi connectivity index (χ2n) is 1.26. The van der Waals surface area contributed by atoms with Gasteiger partial charge in [0.15, 0.2) is 0 Å². The molecule has 0 saturated heterocycles. The van der Waals surface area contributed by atoms with E-state index >= 15 is 0 Å². The third kappa shape index (κ3) is 45.6. The van der Waals surface area contributed by atoms with Gasteiger partial charge in [-0.15, -0.1) is 0 Å². The summed E-state index contributed by atoms with van der Waals surface area (Å²) in [5, 5.41) is 32.4. The molecule has 0 radical (unpaired) electrons. The van der Waals surface area contributed by atoms with Crippen molar-refractivity contribution in [1.29, 1.82) is 0 Å². The van der Waals surface area contributed by atoms with Crippen LogP contribution in [0.4, 0.5) is 4.79 Å². The molecule has 0 saturated carbocycles. The van der Waals surface area contributed by atoms with E-state index in [4.69, 9.17) is 25.2 Å². The Labute approximate surface area is 113 Å². The smallest absolute Gasteiger partial charge is 0.652 e. The maximum atomic E-state index is 9.45. The van der Waals surface area contributed by atoms with Crippen LogP contribution in [0, 0.1) is 0 Å². The maximum absolute atomic E-state index is 9.45. The summed E-state index contributed by atoms with van der Waals surface area (Å²) in [5.74, 6) is -1.19. The number of aliphatic hydroxyl groups excluding tert-OH is 1. The van der Waals surface area contributed by atoms with Crippen molar-refractivity contribution in [3.05, 3.63) is 0 Å². The molecule has 0 aliphatic rings. The number of aliphatic carboxylic acids is 1. The van der Waals surface area contributed by atoms with Gasteiger partial charge >= 0.3 is 65.1 Å². The molecule has 0 aliphatic heterocycles. The molecule has 0 aromatic rings. The van der Waals surface area contributed by atoms with Gasteiger partial charge < -0.3 is 25.2 Å². The van der Waals surface area contributed by atoms with Crippen molar-refractivity contribution < 1.29 is 89.1 Å². The topological polar surface area (TPSA) is 121 Å². The Morgan fingerprint density at radius 1 is 1.25 bits per heavy atom. The predicted octanol–water partition coefficient (Wildman–Crippen LogP) is -8.99. The summed E-state index contributed by atoms with van der Waals surface area (Å²) in [4.78, 5) is 17.8. The average molecular weight is 196 g/mol. The van der Waals surface area contributed by atoms with Crippen molar-refractivity contribution in [2.24, 2.45) is 0 Å². The van der Waals surface area contributed by atoms with Gasteiger partial charge in [0.05, 0.1) is 0 Å². The molecule has 8 heteroatoms. The number of carbonyl (C=O) groups excluding carboxylic acids is 1. The molecule has 60 valence electrons. The first-order chi connectivity index (χ1) is 4.37. The largest absolute Gasteiger partial charge is 1.00 e. The molecule has 0 spiro atoms. The third-order valence-corrected chi connectivity index (χ3v) is 0.357. The molecule has 6 nitrogen and oxygen atoms in total. The quantitative estimate of drug-likeness (QED) is 0.401. The van der Waals surface area contributed by atoms with Gasteiger partial charge in [-0.3, -0.25) is 0 Å². The predicted molar refractivity (Wildman–Crippen MR) is 24.7 cm³/mol. The second kappa shape index (κ2) is 14.2. The number of carbonyl (C=O) groups is 2. The molecule has 0 bridgehead atoms. The Hall–Kier alpha value is 0.700. The molecule has 0 aromatic carbocycles. The Balaban J connectivity index is -0.0000000483. The van der Waals surface area contributed by atoms with Gasteiger partial charge in [-0.1, -0.05) is 0 Å². The van der Waals surface area contributed by atoms with Crippen LogP contribution in [0.15, 0.2) is 0 Å². The summed E-state index contributed by atoms with van der Waals surface area (Å²) in [6.45, 7) is 1.20. The molecule has 0 aliphatic carbocycles. The van der Waals surface area contributed by atoms with Crippen LogP contribution in [0.5, 0.6) is 0 Å². The SMILES string of the molecule is CC(O)C(=O)O.O=C([O-])[O-].[Na+].[Na+]. The summed E-state index contributed by atoms with van der Waals surface area (Å²) < 4.78 is 0. The standard InChI is InChI=1S/C3H6O3.CH2O3.2Na/c1-2(4)3(5)6;2-1(3)4;;/h2,4H,1H3,(H,5,6);(H2,2,3,4);;/q;;2*+1/p-2. The minimum absolute atomic E-state index is 0. The van der Waals surface area contributed by atoms with E-state index in [0.29, 0.717) is 0 Å². The van der Waals surface area contributed by atoms with Gasteiger partial charge in [0.1, 0.15) is 6.10 Å². The fraction of sp³-hybridized carbons (Fsp3) is 0.500. The van der Waals surface area contributed by atoms with Gasteiger partial charge in [0.25, 0.3) is 0 Å². The Morgan fingerprint density at radius 2 is 1.33 bits per heavy atom.